The highest BCUT2D eigenvalue weighted by atomic mass is 16.3. The van der Waals surface area contributed by atoms with Gasteiger partial charge >= 0.3 is 0 Å². The van der Waals surface area contributed by atoms with E-state index in [0.29, 0.717) is 6.54 Å². The molecule has 3 rings (SSSR count). The Morgan fingerprint density at radius 2 is 2.11 bits per heavy atom. The van der Waals surface area contributed by atoms with Crippen LogP contribution in [0.15, 0.2) is 42.6 Å². The summed E-state index contributed by atoms with van der Waals surface area (Å²) >= 11 is 0. The van der Waals surface area contributed by atoms with Gasteiger partial charge in [0.05, 0.1) is 6.54 Å². The lowest BCUT2D eigenvalue weighted by atomic mass is 10.2. The molecule has 1 aromatic carbocycles. The molecular formula is C15H15N3O. The van der Waals surface area contributed by atoms with Crippen molar-refractivity contribution >= 4 is 11.2 Å². The molecule has 3 aromatic rings. The minimum absolute atomic E-state index is 0.285. The number of pyridine rings is 1. The largest absolute Gasteiger partial charge is 0.508 e. The summed E-state index contributed by atoms with van der Waals surface area (Å²) in [5, 5.41) is 9.54. The number of rotatable bonds is 3. The smallest absolute Gasteiger partial charge is 0.160 e. The maximum atomic E-state index is 9.54. The molecule has 2 aromatic heterocycles. The molecule has 96 valence electrons. The van der Waals surface area contributed by atoms with Gasteiger partial charge in [0.25, 0.3) is 0 Å². The third-order valence-corrected chi connectivity index (χ3v) is 3.15. The second-order valence-corrected chi connectivity index (χ2v) is 4.48. The van der Waals surface area contributed by atoms with Gasteiger partial charge < -0.3 is 9.67 Å². The van der Waals surface area contributed by atoms with Gasteiger partial charge in [-0.15, -0.1) is 0 Å². The van der Waals surface area contributed by atoms with Gasteiger partial charge in [-0.05, 0) is 29.8 Å². The van der Waals surface area contributed by atoms with E-state index in [9.17, 15) is 5.11 Å². The summed E-state index contributed by atoms with van der Waals surface area (Å²) in [5.74, 6) is 1.30. The summed E-state index contributed by atoms with van der Waals surface area (Å²) in [7, 11) is 0. The number of nitrogens with zero attached hydrogens (tertiary/aromatic N) is 3. The first-order valence-corrected chi connectivity index (χ1v) is 6.36. The van der Waals surface area contributed by atoms with Crippen LogP contribution < -0.4 is 0 Å². The molecule has 0 spiro atoms. The summed E-state index contributed by atoms with van der Waals surface area (Å²) in [6, 6.07) is 11.2. The van der Waals surface area contributed by atoms with Crippen LogP contribution in [0.5, 0.6) is 5.75 Å². The highest BCUT2D eigenvalue weighted by Gasteiger charge is 2.10. The van der Waals surface area contributed by atoms with Crippen molar-refractivity contribution in [1.82, 2.24) is 14.5 Å². The highest BCUT2D eigenvalue weighted by molar-refractivity contribution is 5.71. The van der Waals surface area contributed by atoms with Crippen LogP contribution in [0.4, 0.5) is 0 Å². The van der Waals surface area contributed by atoms with Crippen molar-refractivity contribution in [1.29, 1.82) is 0 Å². The zero-order valence-corrected chi connectivity index (χ0v) is 10.7. The molecular weight excluding hydrogens is 238 g/mol. The van der Waals surface area contributed by atoms with E-state index < -0.39 is 0 Å². The van der Waals surface area contributed by atoms with Crippen LogP contribution >= 0.6 is 0 Å². The Bertz CT molecular complexity index is 718. The number of phenols is 1. The molecule has 2 heterocycles. The maximum Gasteiger partial charge on any atom is 0.160 e. The Morgan fingerprint density at radius 3 is 2.89 bits per heavy atom. The first kappa shape index (κ1) is 11.7. The zero-order chi connectivity index (χ0) is 13.2. The summed E-state index contributed by atoms with van der Waals surface area (Å²) in [5.41, 5.74) is 2.85. The van der Waals surface area contributed by atoms with Gasteiger partial charge in [0.2, 0.25) is 0 Å². The molecule has 0 amide bonds. The molecule has 1 N–H and O–H groups in total. The van der Waals surface area contributed by atoms with Gasteiger partial charge in [-0.3, -0.25) is 0 Å². The number of aromatic hydroxyl groups is 1. The number of aryl methyl sites for hydroxylation is 1. The van der Waals surface area contributed by atoms with Crippen LogP contribution in [-0.4, -0.2) is 19.6 Å². The standard InChI is InChI=1S/C15H15N3O/c1-2-14-17-13-7-4-8-16-15(13)18(14)10-11-5-3-6-12(19)9-11/h3-9,19H,2,10H2,1H3. The molecule has 4 heteroatoms. The van der Waals surface area contributed by atoms with E-state index in [1.54, 1.807) is 18.3 Å². The fraction of sp³-hybridized carbons (Fsp3) is 0.200. The first-order chi connectivity index (χ1) is 9.28. The minimum Gasteiger partial charge on any atom is -0.508 e. The minimum atomic E-state index is 0.285. The Labute approximate surface area is 111 Å². The summed E-state index contributed by atoms with van der Waals surface area (Å²) in [6.45, 7) is 2.76. The van der Waals surface area contributed by atoms with Crippen molar-refractivity contribution in [3.05, 3.63) is 54.0 Å². The van der Waals surface area contributed by atoms with E-state index in [1.165, 1.54) is 0 Å². The Balaban J connectivity index is 2.08. The van der Waals surface area contributed by atoms with Crippen LogP contribution in [0.1, 0.15) is 18.3 Å². The molecule has 0 fully saturated rings. The predicted octanol–water partition coefficient (Wildman–Crippen LogP) is 2.75. The summed E-state index contributed by atoms with van der Waals surface area (Å²) in [4.78, 5) is 8.99. The van der Waals surface area contributed by atoms with Gasteiger partial charge in [-0.25, -0.2) is 9.97 Å². The fourth-order valence-corrected chi connectivity index (χ4v) is 2.28. The molecule has 0 atom stereocenters. The lowest BCUT2D eigenvalue weighted by Crippen LogP contribution is -2.05. The van der Waals surface area contributed by atoms with Gasteiger partial charge in [0.1, 0.15) is 17.1 Å². The molecule has 0 aliphatic heterocycles. The van der Waals surface area contributed by atoms with Gasteiger partial charge in [0.15, 0.2) is 5.65 Å². The third kappa shape index (κ3) is 2.17. The van der Waals surface area contributed by atoms with E-state index in [-0.39, 0.29) is 5.75 Å². The molecule has 0 aliphatic carbocycles. The second kappa shape index (κ2) is 4.72. The van der Waals surface area contributed by atoms with Gasteiger partial charge in [-0.1, -0.05) is 19.1 Å². The molecule has 4 nitrogen and oxygen atoms in total. The van der Waals surface area contributed by atoms with E-state index in [0.717, 1.165) is 29.0 Å². The molecule has 0 aliphatic rings. The van der Waals surface area contributed by atoms with Gasteiger partial charge in [0, 0.05) is 12.6 Å². The van der Waals surface area contributed by atoms with Crippen LogP contribution in [0.25, 0.3) is 11.2 Å². The van der Waals surface area contributed by atoms with E-state index >= 15 is 0 Å². The molecule has 19 heavy (non-hydrogen) atoms. The highest BCUT2D eigenvalue weighted by Crippen LogP contribution is 2.18. The molecule has 0 saturated heterocycles. The zero-order valence-electron chi connectivity index (χ0n) is 10.7. The van der Waals surface area contributed by atoms with Crippen molar-refractivity contribution in [3.63, 3.8) is 0 Å². The maximum absolute atomic E-state index is 9.54. The molecule has 0 bridgehead atoms. The number of benzene rings is 1. The second-order valence-electron chi connectivity index (χ2n) is 4.48. The third-order valence-electron chi connectivity index (χ3n) is 3.15. The SMILES string of the molecule is CCc1nc2cccnc2n1Cc1cccc(O)c1. The molecule has 0 saturated carbocycles. The van der Waals surface area contributed by atoms with Crippen LogP contribution in [-0.2, 0) is 13.0 Å². The number of fused-ring (bicyclic) bond motifs is 1. The molecule has 0 radical (unpaired) electrons. The topological polar surface area (TPSA) is 50.9 Å². The van der Waals surface area contributed by atoms with Crippen molar-refractivity contribution in [2.75, 3.05) is 0 Å². The van der Waals surface area contributed by atoms with E-state index in [4.69, 9.17) is 0 Å². The number of aromatic nitrogens is 3. The van der Waals surface area contributed by atoms with Crippen LogP contribution in [0.3, 0.4) is 0 Å². The van der Waals surface area contributed by atoms with E-state index in [2.05, 4.69) is 21.5 Å². The van der Waals surface area contributed by atoms with Crippen LogP contribution in [0, 0.1) is 0 Å². The van der Waals surface area contributed by atoms with Crippen molar-refractivity contribution < 1.29 is 5.11 Å². The fourth-order valence-electron chi connectivity index (χ4n) is 2.28. The van der Waals surface area contributed by atoms with Crippen molar-refractivity contribution in [2.24, 2.45) is 0 Å². The lowest BCUT2D eigenvalue weighted by molar-refractivity contribution is 0.474. The Hall–Kier alpha value is -2.36. The molecule has 0 unspecified atom stereocenters. The summed E-state index contributed by atoms with van der Waals surface area (Å²) < 4.78 is 2.10. The average Bonchev–Trinajstić information content (AvgIpc) is 2.77. The predicted molar refractivity (Wildman–Crippen MR) is 74.1 cm³/mol. The van der Waals surface area contributed by atoms with E-state index in [1.807, 2.05) is 24.3 Å². The lowest BCUT2D eigenvalue weighted by Gasteiger charge is -2.07. The van der Waals surface area contributed by atoms with Crippen LogP contribution in [0.2, 0.25) is 0 Å². The van der Waals surface area contributed by atoms with Crippen molar-refractivity contribution in [3.8, 4) is 5.75 Å². The Morgan fingerprint density at radius 1 is 1.21 bits per heavy atom. The average molecular weight is 253 g/mol. The number of imidazole rings is 1. The normalized spacial score (nSPS) is 11.0. The first-order valence-electron chi connectivity index (χ1n) is 6.36. The summed E-state index contributed by atoms with van der Waals surface area (Å²) in [6.07, 6.45) is 2.64. The Kier molecular flexibility index (Phi) is 2.91. The number of phenolic OH excluding ortho intramolecular Hbond substituents is 1. The van der Waals surface area contributed by atoms with Crippen molar-refractivity contribution in [2.45, 2.75) is 19.9 Å². The monoisotopic (exact) mass is 253 g/mol. The quantitative estimate of drug-likeness (QED) is 0.780. The number of hydrogen-bond donors (Lipinski definition) is 1. The number of hydrogen-bond acceptors (Lipinski definition) is 3. The van der Waals surface area contributed by atoms with Gasteiger partial charge in [-0.2, -0.15) is 0 Å².